The Balaban J connectivity index is 0.00000225. The summed E-state index contributed by atoms with van der Waals surface area (Å²) in [5, 5.41) is 12.4. The quantitative estimate of drug-likeness (QED) is 0.473. The molecule has 25 heavy (non-hydrogen) atoms. The summed E-state index contributed by atoms with van der Waals surface area (Å²) in [6.45, 7) is 2.22. The lowest BCUT2D eigenvalue weighted by Crippen LogP contribution is -2.15. The van der Waals surface area contributed by atoms with Crippen molar-refractivity contribution in [3.8, 4) is 6.07 Å². The molecule has 0 N–H and O–H groups in total. The van der Waals surface area contributed by atoms with Gasteiger partial charge >= 0.3 is 0 Å². The smallest absolute Gasteiger partial charge is 0.0992 e. The van der Waals surface area contributed by atoms with Crippen molar-refractivity contribution in [1.82, 2.24) is 0 Å². The van der Waals surface area contributed by atoms with Crippen LogP contribution in [0.25, 0.3) is 0 Å². The Labute approximate surface area is 157 Å². The molecule has 1 nitrogen and oxygen atoms in total. The zero-order valence-corrected chi connectivity index (χ0v) is 15.6. The normalized spacial score (nSPS) is 11.4. The van der Waals surface area contributed by atoms with Crippen LogP contribution in [0.4, 0.5) is 0 Å². The topological polar surface area (TPSA) is 23.8 Å². The van der Waals surface area contributed by atoms with Crippen LogP contribution in [-0.4, -0.2) is 8.41 Å². The highest BCUT2D eigenvalue weighted by molar-refractivity contribution is 7.73. The Hall–Kier alpha value is -2.07. The maximum Gasteiger partial charge on any atom is 0.0992 e. The first kappa shape index (κ1) is 19.3. The van der Waals surface area contributed by atoms with Gasteiger partial charge in [0.05, 0.1) is 11.6 Å². The number of rotatable bonds is 4. The van der Waals surface area contributed by atoms with Crippen molar-refractivity contribution in [3.63, 3.8) is 0 Å². The van der Waals surface area contributed by atoms with Crippen LogP contribution in [-0.2, 0) is 0 Å². The van der Waals surface area contributed by atoms with E-state index in [1.807, 2.05) is 24.3 Å². The van der Waals surface area contributed by atoms with Crippen molar-refractivity contribution in [1.29, 1.82) is 5.26 Å². The third-order valence-electron chi connectivity index (χ3n) is 4.04. The Morgan fingerprint density at radius 1 is 0.880 bits per heavy atom. The Morgan fingerprint density at radius 2 is 1.40 bits per heavy atom. The molecule has 3 aromatic carbocycles. The van der Waals surface area contributed by atoms with E-state index >= 15 is 0 Å². The van der Waals surface area contributed by atoms with Crippen molar-refractivity contribution < 1.29 is 0 Å². The van der Waals surface area contributed by atoms with Gasteiger partial charge in [0.1, 0.15) is 0 Å². The van der Waals surface area contributed by atoms with Gasteiger partial charge in [-0.05, 0) is 36.2 Å². The van der Waals surface area contributed by atoms with E-state index in [2.05, 4.69) is 61.5 Å². The summed E-state index contributed by atoms with van der Waals surface area (Å²) in [6, 6.07) is 28.9. The summed E-state index contributed by atoms with van der Waals surface area (Å²) in [6.07, 6.45) is 0. The fraction of sp³-hybridized carbons (Fsp3) is 0.0952. The zero-order valence-electron chi connectivity index (χ0n) is 13.9. The Morgan fingerprint density at radius 3 is 1.84 bits per heavy atom. The van der Waals surface area contributed by atoms with Gasteiger partial charge < -0.3 is 0 Å². The predicted molar refractivity (Wildman–Crippen MR) is 109 cm³/mol. The van der Waals surface area contributed by atoms with Gasteiger partial charge in [-0.3, -0.25) is 0 Å². The van der Waals surface area contributed by atoms with E-state index in [0.29, 0.717) is 10.6 Å². The standard InChI is InChI=1S/C21H17ClNP.B/c1-16(20-13-12-17(15-23)14-21(20)22)24(18-8-4-2-5-9-18)19-10-6-3-7-11-19;/h2-14,16H,1H3;. The van der Waals surface area contributed by atoms with E-state index in [0.717, 1.165) is 5.56 Å². The number of hydrogen-bond donors (Lipinski definition) is 0. The lowest BCUT2D eigenvalue weighted by atomic mass is 10.1. The van der Waals surface area contributed by atoms with Crippen LogP contribution in [0, 0.1) is 11.3 Å². The molecule has 0 fully saturated rings. The number of benzene rings is 3. The van der Waals surface area contributed by atoms with Crippen LogP contribution in [0.15, 0.2) is 78.9 Å². The van der Waals surface area contributed by atoms with Crippen molar-refractivity contribution in [3.05, 3.63) is 95.0 Å². The molecule has 1 atom stereocenters. The lowest BCUT2D eigenvalue weighted by molar-refractivity contribution is 1.09. The summed E-state index contributed by atoms with van der Waals surface area (Å²) < 4.78 is 0. The highest BCUT2D eigenvalue weighted by atomic mass is 35.5. The molecule has 121 valence electrons. The SMILES string of the molecule is CC(c1ccc(C#N)cc1Cl)P(c1ccccc1)c1ccccc1.[B]. The molecule has 0 aromatic heterocycles. The van der Waals surface area contributed by atoms with E-state index in [1.165, 1.54) is 10.6 Å². The van der Waals surface area contributed by atoms with Crippen LogP contribution in [0.5, 0.6) is 0 Å². The van der Waals surface area contributed by atoms with Crippen molar-refractivity contribution >= 4 is 38.5 Å². The van der Waals surface area contributed by atoms with Gasteiger partial charge in [0.15, 0.2) is 0 Å². The summed E-state index contributed by atoms with van der Waals surface area (Å²) >= 11 is 6.48. The maximum atomic E-state index is 9.05. The molecule has 3 radical (unpaired) electrons. The number of hydrogen-bond acceptors (Lipinski definition) is 1. The van der Waals surface area contributed by atoms with Crippen LogP contribution < -0.4 is 10.6 Å². The first-order valence-electron chi connectivity index (χ1n) is 7.79. The van der Waals surface area contributed by atoms with Crippen molar-refractivity contribution in [2.45, 2.75) is 12.6 Å². The van der Waals surface area contributed by atoms with E-state index in [-0.39, 0.29) is 14.1 Å². The second-order valence-corrected chi connectivity index (χ2v) is 8.52. The average molecular weight is 361 g/mol. The predicted octanol–water partition coefficient (Wildman–Crippen LogP) is 5.02. The third kappa shape index (κ3) is 4.32. The molecule has 1 unspecified atom stereocenters. The molecule has 3 rings (SSSR count). The average Bonchev–Trinajstić information content (AvgIpc) is 2.63. The van der Waals surface area contributed by atoms with Crippen LogP contribution in [0.2, 0.25) is 5.02 Å². The molecule has 0 saturated heterocycles. The largest absolute Gasteiger partial charge is 0.192 e. The molecule has 0 aliphatic heterocycles. The molecule has 0 spiro atoms. The molecular weight excluding hydrogens is 343 g/mol. The van der Waals surface area contributed by atoms with Crippen molar-refractivity contribution in [2.75, 3.05) is 0 Å². The number of nitrogens with zero attached hydrogens (tertiary/aromatic N) is 1. The molecule has 0 aliphatic rings. The van der Waals surface area contributed by atoms with E-state index < -0.39 is 7.92 Å². The van der Waals surface area contributed by atoms with E-state index in [1.54, 1.807) is 6.07 Å². The van der Waals surface area contributed by atoms with Crippen LogP contribution in [0.1, 0.15) is 23.7 Å². The van der Waals surface area contributed by atoms with Gasteiger partial charge in [-0.25, -0.2) is 0 Å². The number of halogens is 1. The molecule has 0 aliphatic carbocycles. The number of nitriles is 1. The minimum atomic E-state index is -0.586. The van der Waals surface area contributed by atoms with Gasteiger partial charge in [0, 0.05) is 19.1 Å². The third-order valence-corrected chi connectivity index (χ3v) is 7.12. The molecular formula is C21H17BClNP. The van der Waals surface area contributed by atoms with Gasteiger partial charge in [-0.2, -0.15) is 5.26 Å². The fourth-order valence-electron chi connectivity index (χ4n) is 2.85. The summed E-state index contributed by atoms with van der Waals surface area (Å²) in [5.74, 6) is 0. The van der Waals surface area contributed by atoms with Gasteiger partial charge in [-0.15, -0.1) is 0 Å². The monoisotopic (exact) mass is 360 g/mol. The van der Waals surface area contributed by atoms with Gasteiger partial charge in [0.25, 0.3) is 0 Å². The summed E-state index contributed by atoms with van der Waals surface area (Å²) in [5.41, 5.74) is 1.94. The van der Waals surface area contributed by atoms with E-state index in [9.17, 15) is 0 Å². The van der Waals surface area contributed by atoms with Crippen LogP contribution >= 0.6 is 19.5 Å². The first-order chi connectivity index (χ1) is 11.7. The lowest BCUT2D eigenvalue weighted by Gasteiger charge is -2.27. The fourth-order valence-corrected chi connectivity index (χ4v) is 5.95. The second kappa shape index (κ2) is 8.86. The highest BCUT2D eigenvalue weighted by Gasteiger charge is 2.24. The molecule has 0 heterocycles. The summed E-state index contributed by atoms with van der Waals surface area (Å²) in [4.78, 5) is 0. The Kier molecular flexibility index (Phi) is 6.83. The molecule has 3 aromatic rings. The summed E-state index contributed by atoms with van der Waals surface area (Å²) in [7, 11) is -0.586. The van der Waals surface area contributed by atoms with Crippen LogP contribution in [0.3, 0.4) is 0 Å². The maximum absolute atomic E-state index is 9.05. The zero-order chi connectivity index (χ0) is 16.9. The van der Waals surface area contributed by atoms with E-state index in [4.69, 9.17) is 16.9 Å². The van der Waals surface area contributed by atoms with Gasteiger partial charge in [-0.1, -0.05) is 85.3 Å². The first-order valence-corrected chi connectivity index (χ1v) is 9.58. The van der Waals surface area contributed by atoms with Gasteiger partial charge in [0.2, 0.25) is 0 Å². The minimum absolute atomic E-state index is 0. The minimum Gasteiger partial charge on any atom is -0.192 e. The molecule has 0 amide bonds. The molecule has 0 bridgehead atoms. The second-order valence-electron chi connectivity index (χ2n) is 5.57. The van der Waals surface area contributed by atoms with Crippen molar-refractivity contribution in [2.24, 2.45) is 0 Å². The Bertz CT molecular complexity index is 823. The molecule has 0 saturated carbocycles. The highest BCUT2D eigenvalue weighted by Crippen LogP contribution is 2.50. The molecule has 4 heteroatoms.